The zero-order chi connectivity index (χ0) is 10.9. The minimum absolute atomic E-state index is 1.29. The van der Waals surface area contributed by atoms with Crippen LogP contribution in [0.4, 0.5) is 0 Å². The Balaban J connectivity index is 0.000000531. The van der Waals surface area contributed by atoms with Crippen LogP contribution in [0.5, 0.6) is 0 Å². The second-order valence-corrected chi connectivity index (χ2v) is 3.88. The van der Waals surface area contributed by atoms with Gasteiger partial charge < -0.3 is 0 Å². The van der Waals surface area contributed by atoms with Crippen LogP contribution in [0.1, 0.15) is 0 Å². The zero-order valence-electron chi connectivity index (χ0n) is 8.56. The molecule has 3 heteroatoms. The van der Waals surface area contributed by atoms with Crippen molar-refractivity contribution in [2.75, 3.05) is 0 Å². The van der Waals surface area contributed by atoms with Crippen molar-refractivity contribution < 1.29 is 0 Å². The predicted molar refractivity (Wildman–Crippen MR) is 71.4 cm³/mol. The van der Waals surface area contributed by atoms with Gasteiger partial charge in [0.2, 0.25) is 7.26 Å². The molecule has 0 unspecified atom stereocenters. The first-order chi connectivity index (χ1) is 7.45. The Morgan fingerprint density at radius 2 is 1.00 bits per heavy atom. The normalized spacial score (nSPS) is 8.87. The van der Waals surface area contributed by atoms with E-state index in [0.29, 0.717) is 0 Å². The summed E-state index contributed by atoms with van der Waals surface area (Å²) in [5.74, 6) is 0. The van der Waals surface area contributed by atoms with Crippen molar-refractivity contribution >= 4 is 30.5 Å². The van der Waals surface area contributed by atoms with E-state index in [1.54, 1.807) is 11.8 Å². The average molecular weight is 235 g/mol. The smallest absolute Gasteiger partial charge is 0.206 e. The molecule has 0 saturated heterocycles. The third-order valence-electron chi connectivity index (χ3n) is 1.72. The predicted octanol–water partition coefficient (Wildman–Crippen LogP) is 3.61. The van der Waals surface area contributed by atoms with Crippen molar-refractivity contribution in [3.05, 3.63) is 60.7 Å². The van der Waals surface area contributed by atoms with Gasteiger partial charge in [0.1, 0.15) is 0 Å². The van der Waals surface area contributed by atoms with Crippen LogP contribution in [0.25, 0.3) is 0 Å². The van der Waals surface area contributed by atoms with E-state index in [2.05, 4.69) is 60.0 Å². The highest BCUT2D eigenvalue weighted by Crippen LogP contribution is 2.26. The number of hydrogen-bond acceptors (Lipinski definition) is 1. The summed E-state index contributed by atoms with van der Waals surface area (Å²) in [5, 5.41) is 0. The molecule has 0 atom stereocenters. The van der Waals surface area contributed by atoms with Crippen LogP contribution in [0, 0.1) is 0 Å². The van der Waals surface area contributed by atoms with Gasteiger partial charge >= 0.3 is 0 Å². The topological polar surface area (TPSA) is 0 Å². The van der Waals surface area contributed by atoms with Gasteiger partial charge in [-0.2, -0.15) is 0 Å². The van der Waals surface area contributed by atoms with E-state index in [0.717, 1.165) is 0 Å². The van der Waals surface area contributed by atoms with Crippen LogP contribution in [0.15, 0.2) is 70.5 Å². The Labute approximate surface area is 101 Å². The molecule has 0 nitrogen and oxygen atoms in total. The molecule has 0 fully saturated rings. The fourth-order valence-electron chi connectivity index (χ4n) is 1.11. The first kappa shape index (κ1) is 12.2. The van der Waals surface area contributed by atoms with Crippen molar-refractivity contribution in [1.29, 1.82) is 0 Å². The molecule has 0 spiro atoms. The SMILES string of the molecule is BCl.c1ccc(Sc2ccccc2)cc1. The minimum atomic E-state index is 1.29. The van der Waals surface area contributed by atoms with E-state index in [4.69, 9.17) is 0 Å². The largest absolute Gasteiger partial charge is 0.215 e. The third kappa shape index (κ3) is 4.45. The number of halogens is 1. The highest BCUT2D eigenvalue weighted by atomic mass is 35.5. The van der Waals surface area contributed by atoms with Crippen molar-refractivity contribution in [2.45, 2.75) is 9.79 Å². The van der Waals surface area contributed by atoms with Gasteiger partial charge in [-0.15, -0.1) is 0 Å². The molecule has 2 rings (SSSR count). The molecule has 0 amide bonds. The summed E-state index contributed by atoms with van der Waals surface area (Å²) in [5.41, 5.74) is 0. The molecular formula is C12H12BClS. The van der Waals surface area contributed by atoms with Gasteiger partial charge in [0.25, 0.3) is 0 Å². The second kappa shape index (κ2) is 7.44. The van der Waals surface area contributed by atoms with Crippen molar-refractivity contribution in [2.24, 2.45) is 0 Å². The third-order valence-corrected chi connectivity index (χ3v) is 2.74. The summed E-state index contributed by atoms with van der Waals surface area (Å²) in [4.78, 5) is 2.57. The quantitative estimate of drug-likeness (QED) is 0.716. The second-order valence-electron chi connectivity index (χ2n) is 2.73. The molecule has 76 valence electrons. The summed E-state index contributed by atoms with van der Waals surface area (Å²) in [6, 6.07) is 20.8. The summed E-state index contributed by atoms with van der Waals surface area (Å²) >= 11 is 6.43. The van der Waals surface area contributed by atoms with Crippen LogP contribution in [0.3, 0.4) is 0 Å². The van der Waals surface area contributed by atoms with Crippen LogP contribution >= 0.6 is 23.2 Å². The van der Waals surface area contributed by atoms with E-state index in [1.807, 2.05) is 12.1 Å². The fraction of sp³-hybridized carbons (Fsp3) is 0. The van der Waals surface area contributed by atoms with Gasteiger partial charge in [-0.3, -0.25) is 0 Å². The lowest BCUT2D eigenvalue weighted by molar-refractivity contribution is 1.41. The maximum Gasteiger partial charge on any atom is 0.215 e. The van der Waals surface area contributed by atoms with Crippen LogP contribution in [-0.4, -0.2) is 7.26 Å². The van der Waals surface area contributed by atoms with Crippen LogP contribution < -0.4 is 0 Å². The van der Waals surface area contributed by atoms with Crippen LogP contribution in [0.2, 0.25) is 0 Å². The Morgan fingerprint density at radius 3 is 1.33 bits per heavy atom. The van der Waals surface area contributed by atoms with E-state index in [-0.39, 0.29) is 0 Å². The number of hydrogen-bond donors (Lipinski definition) is 0. The van der Waals surface area contributed by atoms with E-state index < -0.39 is 0 Å². The van der Waals surface area contributed by atoms with Gasteiger partial charge in [-0.25, -0.2) is 11.5 Å². The molecule has 0 aliphatic carbocycles. The fourth-order valence-corrected chi connectivity index (χ4v) is 1.97. The summed E-state index contributed by atoms with van der Waals surface area (Å²) in [6.45, 7) is 0. The van der Waals surface area contributed by atoms with E-state index >= 15 is 0 Å². The Kier molecular flexibility index (Phi) is 6.06. The molecule has 0 aliphatic rings. The van der Waals surface area contributed by atoms with Gasteiger partial charge in [0.05, 0.1) is 0 Å². The molecule has 0 aromatic heterocycles. The van der Waals surface area contributed by atoms with Gasteiger partial charge in [-0.05, 0) is 24.3 Å². The summed E-state index contributed by atoms with van der Waals surface area (Å²) < 4.78 is 0. The molecule has 2 aromatic carbocycles. The van der Waals surface area contributed by atoms with Crippen molar-refractivity contribution in [3.63, 3.8) is 0 Å². The van der Waals surface area contributed by atoms with Crippen molar-refractivity contribution in [1.82, 2.24) is 0 Å². The van der Waals surface area contributed by atoms with Gasteiger partial charge in [0.15, 0.2) is 0 Å². The molecule has 0 aliphatic heterocycles. The number of rotatable bonds is 2. The molecule has 15 heavy (non-hydrogen) atoms. The first-order valence-electron chi connectivity index (χ1n) is 4.61. The first-order valence-corrected chi connectivity index (χ1v) is 6.18. The molecule has 0 radical (unpaired) electrons. The molecule has 0 N–H and O–H groups in total. The Bertz CT molecular complexity index is 326. The number of benzene rings is 2. The Hall–Kier alpha value is -0.855. The molecule has 0 heterocycles. The molecule has 2 aromatic rings. The standard InChI is InChI=1S/C12H10S.BClH2/c1-3-7-11(8-4-1)13-12-9-5-2-6-10-12;1-2/h1-10H;1H2. The minimum Gasteiger partial charge on any atom is -0.206 e. The lowest BCUT2D eigenvalue weighted by atomic mass is 10.4. The maximum atomic E-state index is 4.64. The highest BCUT2D eigenvalue weighted by molar-refractivity contribution is 7.99. The monoisotopic (exact) mass is 234 g/mol. The van der Waals surface area contributed by atoms with E-state index in [9.17, 15) is 0 Å². The summed E-state index contributed by atoms with van der Waals surface area (Å²) in [6.07, 6.45) is 0. The van der Waals surface area contributed by atoms with Gasteiger partial charge in [-0.1, -0.05) is 48.2 Å². The maximum absolute atomic E-state index is 4.64. The van der Waals surface area contributed by atoms with E-state index in [1.165, 1.54) is 17.1 Å². The molecule has 0 saturated carbocycles. The lowest BCUT2D eigenvalue weighted by Gasteiger charge is -1.99. The van der Waals surface area contributed by atoms with Crippen molar-refractivity contribution in [3.8, 4) is 0 Å². The average Bonchev–Trinajstić information content (AvgIpc) is 2.34. The zero-order valence-corrected chi connectivity index (χ0v) is 10.1. The highest BCUT2D eigenvalue weighted by Gasteiger charge is 1.93. The summed E-state index contributed by atoms with van der Waals surface area (Å²) in [7, 11) is 1.47. The van der Waals surface area contributed by atoms with Crippen LogP contribution in [-0.2, 0) is 0 Å². The molecule has 0 bridgehead atoms. The Morgan fingerprint density at radius 1 is 0.667 bits per heavy atom. The van der Waals surface area contributed by atoms with Gasteiger partial charge in [0, 0.05) is 9.79 Å². The lowest BCUT2D eigenvalue weighted by Crippen LogP contribution is -1.70. The molecular weight excluding hydrogens is 222 g/mol.